The molecule has 15 heavy (non-hydrogen) atoms. The van der Waals surface area contributed by atoms with Crippen molar-refractivity contribution in [1.82, 2.24) is 14.8 Å². The molecule has 84 valence electrons. The SMILES string of the molecule is CS(=O)(=O)c1ncnn1C1CS(=O)(=O)C1. The minimum absolute atomic E-state index is 0.0706. The quantitative estimate of drug-likeness (QED) is 0.644. The third-order valence-electron chi connectivity index (χ3n) is 2.11. The Morgan fingerprint density at radius 3 is 2.53 bits per heavy atom. The fraction of sp³-hybridized carbons (Fsp3) is 0.667. The lowest BCUT2D eigenvalue weighted by Crippen LogP contribution is -2.39. The molecule has 0 aromatic carbocycles. The lowest BCUT2D eigenvalue weighted by atomic mass is 10.4. The average Bonchev–Trinajstić information content (AvgIpc) is 2.45. The number of rotatable bonds is 2. The van der Waals surface area contributed by atoms with Gasteiger partial charge < -0.3 is 0 Å². The van der Waals surface area contributed by atoms with Crippen LogP contribution in [0.5, 0.6) is 0 Å². The highest BCUT2D eigenvalue weighted by Crippen LogP contribution is 2.24. The van der Waals surface area contributed by atoms with Crippen molar-refractivity contribution < 1.29 is 16.8 Å². The van der Waals surface area contributed by atoms with Crippen molar-refractivity contribution in [2.75, 3.05) is 17.8 Å². The summed E-state index contributed by atoms with van der Waals surface area (Å²) in [6.45, 7) is 0. The van der Waals surface area contributed by atoms with Crippen LogP contribution >= 0.6 is 0 Å². The van der Waals surface area contributed by atoms with E-state index in [1.807, 2.05) is 0 Å². The molecule has 2 heterocycles. The summed E-state index contributed by atoms with van der Waals surface area (Å²) < 4.78 is 45.5. The third-order valence-corrected chi connectivity index (χ3v) is 4.85. The Hall–Kier alpha value is -0.960. The minimum atomic E-state index is -3.45. The van der Waals surface area contributed by atoms with E-state index >= 15 is 0 Å². The molecule has 0 unspecified atom stereocenters. The number of hydrogen-bond acceptors (Lipinski definition) is 6. The summed E-state index contributed by atoms with van der Waals surface area (Å²) in [5.74, 6) is -0.141. The molecule has 0 bridgehead atoms. The smallest absolute Gasteiger partial charge is 0.231 e. The third kappa shape index (κ3) is 1.88. The van der Waals surface area contributed by atoms with Gasteiger partial charge in [-0.05, 0) is 0 Å². The van der Waals surface area contributed by atoms with Crippen LogP contribution in [0.1, 0.15) is 6.04 Å². The van der Waals surface area contributed by atoms with Gasteiger partial charge in [0, 0.05) is 6.26 Å². The van der Waals surface area contributed by atoms with Crippen LogP contribution in [0.25, 0.3) is 0 Å². The number of hydrogen-bond donors (Lipinski definition) is 0. The van der Waals surface area contributed by atoms with Gasteiger partial charge in [0.15, 0.2) is 9.84 Å². The Bertz CT molecular complexity index is 574. The lowest BCUT2D eigenvalue weighted by Gasteiger charge is -2.26. The normalized spacial score (nSPS) is 21.1. The maximum absolute atomic E-state index is 11.2. The molecule has 0 N–H and O–H groups in total. The molecule has 9 heteroatoms. The van der Waals surface area contributed by atoms with E-state index in [0.29, 0.717) is 0 Å². The predicted octanol–water partition coefficient (Wildman–Crippen LogP) is -1.35. The fourth-order valence-electron chi connectivity index (χ4n) is 1.43. The van der Waals surface area contributed by atoms with Crippen molar-refractivity contribution in [3.63, 3.8) is 0 Å². The van der Waals surface area contributed by atoms with E-state index in [2.05, 4.69) is 10.1 Å². The summed E-state index contributed by atoms with van der Waals surface area (Å²) in [7, 11) is -6.46. The Morgan fingerprint density at radius 1 is 1.47 bits per heavy atom. The highest BCUT2D eigenvalue weighted by molar-refractivity contribution is 7.92. The monoisotopic (exact) mass is 251 g/mol. The maximum atomic E-state index is 11.2. The van der Waals surface area contributed by atoms with Gasteiger partial charge in [-0.15, -0.1) is 0 Å². The average molecular weight is 251 g/mol. The minimum Gasteiger partial charge on any atom is -0.231 e. The molecule has 1 aromatic rings. The second kappa shape index (κ2) is 3.01. The highest BCUT2D eigenvalue weighted by Gasteiger charge is 2.37. The molecule has 1 aromatic heterocycles. The summed E-state index contributed by atoms with van der Waals surface area (Å²) in [5.41, 5.74) is 0. The standard InChI is InChI=1S/C6H9N3O4S2/c1-14(10,11)6-7-4-8-9(6)5-2-15(12,13)3-5/h4-5H,2-3H2,1H3. The molecule has 0 radical (unpaired) electrons. The molecule has 1 aliphatic rings. The van der Waals surface area contributed by atoms with E-state index in [0.717, 1.165) is 17.3 Å². The fourth-order valence-corrected chi connectivity index (χ4v) is 3.57. The van der Waals surface area contributed by atoms with Crippen molar-refractivity contribution in [2.24, 2.45) is 0 Å². The van der Waals surface area contributed by atoms with Crippen LogP contribution in [-0.4, -0.2) is 49.4 Å². The Balaban J connectivity index is 2.36. The largest absolute Gasteiger partial charge is 0.245 e. The van der Waals surface area contributed by atoms with Crippen LogP contribution in [-0.2, 0) is 19.7 Å². The highest BCUT2D eigenvalue weighted by atomic mass is 32.2. The van der Waals surface area contributed by atoms with Crippen molar-refractivity contribution >= 4 is 19.7 Å². The zero-order valence-corrected chi connectivity index (χ0v) is 9.49. The van der Waals surface area contributed by atoms with Crippen LogP contribution in [0.3, 0.4) is 0 Å². The Morgan fingerprint density at radius 2 is 2.07 bits per heavy atom. The Labute approximate surface area is 87.0 Å². The number of nitrogens with zero attached hydrogens (tertiary/aromatic N) is 3. The van der Waals surface area contributed by atoms with E-state index in [-0.39, 0.29) is 16.7 Å². The second-order valence-corrected chi connectivity index (χ2v) is 7.55. The molecule has 0 spiro atoms. The van der Waals surface area contributed by atoms with Gasteiger partial charge in [-0.1, -0.05) is 0 Å². The molecule has 1 fully saturated rings. The lowest BCUT2D eigenvalue weighted by molar-refractivity contribution is 0.435. The summed E-state index contributed by atoms with van der Waals surface area (Å²) >= 11 is 0. The number of sulfone groups is 2. The van der Waals surface area contributed by atoms with E-state index in [1.165, 1.54) is 0 Å². The Kier molecular flexibility index (Phi) is 2.12. The molecule has 0 aliphatic carbocycles. The first-order valence-corrected chi connectivity index (χ1v) is 7.81. The summed E-state index contributed by atoms with van der Waals surface area (Å²) in [5, 5.41) is 3.55. The molecular weight excluding hydrogens is 242 g/mol. The van der Waals surface area contributed by atoms with Gasteiger partial charge in [-0.2, -0.15) is 5.10 Å². The number of aromatic nitrogens is 3. The first-order chi connectivity index (χ1) is 6.80. The van der Waals surface area contributed by atoms with Gasteiger partial charge in [-0.25, -0.2) is 26.5 Å². The van der Waals surface area contributed by atoms with Crippen LogP contribution < -0.4 is 0 Å². The van der Waals surface area contributed by atoms with Crippen molar-refractivity contribution in [3.05, 3.63) is 6.33 Å². The van der Waals surface area contributed by atoms with E-state index in [1.54, 1.807) is 0 Å². The van der Waals surface area contributed by atoms with Crippen molar-refractivity contribution in [2.45, 2.75) is 11.2 Å². The summed E-state index contributed by atoms with van der Waals surface area (Å²) in [4.78, 5) is 3.61. The van der Waals surface area contributed by atoms with Gasteiger partial charge in [-0.3, -0.25) is 0 Å². The topological polar surface area (TPSA) is 99.0 Å². The first-order valence-electron chi connectivity index (χ1n) is 4.09. The molecular formula is C6H9N3O4S2. The van der Waals surface area contributed by atoms with Crippen LogP contribution in [0, 0.1) is 0 Å². The van der Waals surface area contributed by atoms with Gasteiger partial charge in [0.05, 0.1) is 17.5 Å². The van der Waals surface area contributed by atoms with Crippen molar-refractivity contribution in [1.29, 1.82) is 0 Å². The second-order valence-electron chi connectivity index (χ2n) is 3.49. The predicted molar refractivity (Wildman–Crippen MR) is 50.8 cm³/mol. The van der Waals surface area contributed by atoms with Crippen LogP contribution in [0.4, 0.5) is 0 Å². The van der Waals surface area contributed by atoms with E-state index in [9.17, 15) is 16.8 Å². The molecule has 0 amide bonds. The zero-order valence-electron chi connectivity index (χ0n) is 7.86. The summed E-state index contributed by atoms with van der Waals surface area (Å²) in [6, 6.07) is -0.401. The van der Waals surface area contributed by atoms with E-state index in [4.69, 9.17) is 0 Å². The summed E-state index contributed by atoms with van der Waals surface area (Å²) in [6.07, 6.45) is 2.13. The van der Waals surface area contributed by atoms with Crippen molar-refractivity contribution in [3.8, 4) is 0 Å². The van der Waals surface area contributed by atoms with Crippen LogP contribution in [0.2, 0.25) is 0 Å². The first kappa shape index (κ1) is 10.6. The maximum Gasteiger partial charge on any atom is 0.245 e. The van der Waals surface area contributed by atoms with Crippen LogP contribution in [0.15, 0.2) is 11.5 Å². The molecule has 1 aliphatic heterocycles. The molecule has 2 rings (SSSR count). The van der Waals surface area contributed by atoms with Gasteiger partial charge in [0.2, 0.25) is 15.0 Å². The van der Waals surface area contributed by atoms with Gasteiger partial charge in [0.1, 0.15) is 6.33 Å². The van der Waals surface area contributed by atoms with E-state index < -0.39 is 25.7 Å². The zero-order chi connectivity index (χ0) is 11.3. The molecule has 0 atom stereocenters. The molecule has 1 saturated heterocycles. The molecule has 7 nitrogen and oxygen atoms in total. The van der Waals surface area contributed by atoms with Gasteiger partial charge >= 0.3 is 0 Å². The molecule has 0 saturated carbocycles. The van der Waals surface area contributed by atoms with Gasteiger partial charge in [0.25, 0.3) is 0 Å².